The van der Waals surface area contributed by atoms with E-state index in [1.54, 1.807) is 18.2 Å². The fourth-order valence-corrected chi connectivity index (χ4v) is 2.84. The number of alkyl halides is 3. The van der Waals surface area contributed by atoms with E-state index in [0.717, 1.165) is 17.2 Å². The van der Waals surface area contributed by atoms with E-state index in [1.807, 2.05) is 39.0 Å². The van der Waals surface area contributed by atoms with Gasteiger partial charge in [-0.2, -0.15) is 13.2 Å². The predicted octanol–water partition coefficient (Wildman–Crippen LogP) is 6.62. The van der Waals surface area contributed by atoms with Gasteiger partial charge in [0.15, 0.2) is 0 Å². The van der Waals surface area contributed by atoms with E-state index < -0.39 is 11.7 Å². The topological polar surface area (TPSA) is 24.4 Å². The van der Waals surface area contributed by atoms with Crippen molar-refractivity contribution in [1.82, 2.24) is 0 Å². The van der Waals surface area contributed by atoms with E-state index in [4.69, 9.17) is 11.6 Å². The largest absolute Gasteiger partial charge is 0.418 e. The van der Waals surface area contributed by atoms with E-state index in [1.165, 1.54) is 6.07 Å². The van der Waals surface area contributed by atoms with Gasteiger partial charge in [-0.1, -0.05) is 55.8 Å². The first kappa shape index (κ1) is 21.0. The second-order valence-corrected chi connectivity index (χ2v) is 6.17. The number of hydrogen-bond donors (Lipinski definition) is 1. The molecule has 144 valence electrons. The quantitative estimate of drug-likeness (QED) is 0.608. The van der Waals surface area contributed by atoms with Crippen molar-refractivity contribution in [3.63, 3.8) is 0 Å². The van der Waals surface area contributed by atoms with Crippen LogP contribution in [-0.4, -0.2) is 18.8 Å². The zero-order valence-corrected chi connectivity index (χ0v) is 16.2. The summed E-state index contributed by atoms with van der Waals surface area (Å²) in [5, 5.41) is 3.53. The Morgan fingerprint density at radius 2 is 1.85 bits per heavy atom. The summed E-state index contributed by atoms with van der Waals surface area (Å²) in [6, 6.07) is 9.71. The molecule has 0 unspecified atom stereocenters. The van der Waals surface area contributed by atoms with Crippen molar-refractivity contribution in [3.05, 3.63) is 69.8 Å². The average molecular weight is 395 g/mol. The molecule has 1 N–H and O–H groups in total. The highest BCUT2D eigenvalue weighted by molar-refractivity contribution is 6.31. The van der Waals surface area contributed by atoms with Crippen LogP contribution in [0.5, 0.6) is 0 Å². The second-order valence-electron chi connectivity index (χ2n) is 5.76. The highest BCUT2D eigenvalue weighted by Gasteiger charge is 2.35. The van der Waals surface area contributed by atoms with Gasteiger partial charge in [-0.3, -0.25) is 4.99 Å². The van der Waals surface area contributed by atoms with Gasteiger partial charge in [-0.05, 0) is 36.3 Å². The highest BCUT2D eigenvalue weighted by atomic mass is 35.5. The number of benzodiazepines with no additional fused rings is 1. The molecule has 27 heavy (non-hydrogen) atoms. The number of aryl methyl sites for hydroxylation is 1. The summed E-state index contributed by atoms with van der Waals surface area (Å²) in [5.74, 6) is 0. The van der Waals surface area contributed by atoms with Crippen molar-refractivity contribution in [3.8, 4) is 0 Å². The summed E-state index contributed by atoms with van der Waals surface area (Å²) >= 11 is 6.02. The summed E-state index contributed by atoms with van der Waals surface area (Å²) in [6.45, 7) is 6.67. The van der Waals surface area contributed by atoms with Crippen molar-refractivity contribution < 1.29 is 13.2 Å². The number of nitrogens with zero attached hydrogens (tertiary/aromatic N) is 1. The zero-order chi connectivity index (χ0) is 20.0. The Bertz CT molecular complexity index is 855. The van der Waals surface area contributed by atoms with Crippen molar-refractivity contribution in [2.24, 2.45) is 4.99 Å². The Morgan fingerprint density at radius 1 is 1.11 bits per heavy atom. The van der Waals surface area contributed by atoms with Gasteiger partial charge in [0.1, 0.15) is 0 Å². The van der Waals surface area contributed by atoms with Crippen molar-refractivity contribution in [1.29, 1.82) is 0 Å². The first-order chi connectivity index (χ1) is 12.9. The van der Waals surface area contributed by atoms with E-state index in [0.29, 0.717) is 29.4 Å². The van der Waals surface area contributed by atoms with E-state index in [9.17, 15) is 13.2 Å². The number of allylic oxidation sites excluding steroid dienone is 1. The Balaban J connectivity index is 0.00000126. The molecule has 0 radical (unpaired) electrons. The summed E-state index contributed by atoms with van der Waals surface area (Å²) in [4.78, 5) is 4.42. The van der Waals surface area contributed by atoms with Crippen LogP contribution in [0.3, 0.4) is 0 Å². The Labute approximate surface area is 162 Å². The third-order valence-electron chi connectivity index (χ3n) is 3.96. The number of nitrogens with one attached hydrogen (secondary N) is 1. The summed E-state index contributed by atoms with van der Waals surface area (Å²) in [5.41, 5.74) is 2.25. The fourth-order valence-electron chi connectivity index (χ4n) is 2.72. The van der Waals surface area contributed by atoms with E-state index >= 15 is 0 Å². The molecule has 0 spiro atoms. The van der Waals surface area contributed by atoms with Crippen LogP contribution in [0, 0.1) is 6.92 Å². The number of benzene rings is 2. The van der Waals surface area contributed by atoms with Crippen LogP contribution in [-0.2, 0) is 6.18 Å². The average Bonchev–Trinajstić information content (AvgIpc) is 2.85. The van der Waals surface area contributed by atoms with Crippen LogP contribution < -0.4 is 5.32 Å². The molecular formula is C21H22ClF3N2. The van der Waals surface area contributed by atoms with Crippen molar-refractivity contribution in [2.75, 3.05) is 18.4 Å². The lowest BCUT2D eigenvalue weighted by molar-refractivity contribution is -0.136. The Morgan fingerprint density at radius 3 is 2.52 bits per heavy atom. The lowest BCUT2D eigenvalue weighted by Crippen LogP contribution is -2.13. The van der Waals surface area contributed by atoms with Gasteiger partial charge in [0, 0.05) is 17.1 Å². The van der Waals surface area contributed by atoms with Crippen molar-refractivity contribution >= 4 is 29.1 Å². The van der Waals surface area contributed by atoms with Gasteiger partial charge < -0.3 is 5.32 Å². The maximum Gasteiger partial charge on any atom is 0.418 e. The highest BCUT2D eigenvalue weighted by Crippen LogP contribution is 2.37. The normalized spacial score (nSPS) is 13.8. The first-order valence-electron chi connectivity index (χ1n) is 8.79. The van der Waals surface area contributed by atoms with Gasteiger partial charge >= 0.3 is 6.18 Å². The molecule has 0 saturated carbocycles. The number of hydrogen-bond acceptors (Lipinski definition) is 2. The zero-order valence-electron chi connectivity index (χ0n) is 15.5. The number of para-hydroxylation sites is 1. The number of anilines is 1. The molecule has 2 aromatic carbocycles. The monoisotopic (exact) mass is 394 g/mol. The molecule has 0 fully saturated rings. The van der Waals surface area contributed by atoms with Crippen LogP contribution in [0.2, 0.25) is 5.02 Å². The van der Waals surface area contributed by atoms with Gasteiger partial charge in [0.25, 0.3) is 0 Å². The van der Waals surface area contributed by atoms with Gasteiger partial charge in [-0.15, -0.1) is 0 Å². The third kappa shape index (κ3) is 5.13. The summed E-state index contributed by atoms with van der Waals surface area (Å²) in [7, 11) is 0. The molecule has 0 bridgehead atoms. The molecular weight excluding hydrogens is 373 g/mol. The molecule has 1 aliphatic heterocycles. The standard InChI is InChI=1S/C19H16ClF3N2.C2H6/c1-12-11-13(5-7-16(12)20)6-8-17-14-3-2-4-15(19(21,22)23)18(14)25-10-9-24-17;1-2/h2-8,11,25H,9-10H2,1H3;1-2H3/b8-6+;. The van der Waals surface area contributed by atoms with Crippen LogP contribution >= 0.6 is 11.6 Å². The van der Waals surface area contributed by atoms with E-state index in [2.05, 4.69) is 10.3 Å². The molecule has 3 rings (SSSR count). The van der Waals surface area contributed by atoms with E-state index in [-0.39, 0.29) is 5.69 Å². The first-order valence-corrected chi connectivity index (χ1v) is 9.17. The van der Waals surface area contributed by atoms with Crippen LogP contribution in [0.4, 0.5) is 18.9 Å². The number of fused-ring (bicyclic) bond motifs is 1. The predicted molar refractivity (Wildman–Crippen MR) is 108 cm³/mol. The molecule has 0 aromatic heterocycles. The number of rotatable bonds is 2. The lowest BCUT2D eigenvalue weighted by atomic mass is 10.0. The molecule has 0 amide bonds. The fraction of sp³-hybridized carbons (Fsp3) is 0.286. The minimum Gasteiger partial charge on any atom is -0.382 e. The van der Waals surface area contributed by atoms with Crippen LogP contribution in [0.15, 0.2) is 47.5 Å². The van der Waals surface area contributed by atoms with Crippen LogP contribution in [0.1, 0.15) is 36.1 Å². The second kappa shape index (κ2) is 9.09. The smallest absolute Gasteiger partial charge is 0.382 e. The third-order valence-corrected chi connectivity index (χ3v) is 4.38. The SMILES string of the molecule is CC.Cc1cc(/C=C/C2=NCCNc3c2cccc3C(F)(F)F)ccc1Cl. The molecule has 0 saturated heterocycles. The van der Waals surface area contributed by atoms with Crippen LogP contribution in [0.25, 0.3) is 6.08 Å². The Kier molecular flexibility index (Phi) is 7.08. The molecule has 1 heterocycles. The molecule has 6 heteroatoms. The maximum atomic E-state index is 13.3. The minimum atomic E-state index is -4.41. The van der Waals surface area contributed by atoms with Gasteiger partial charge in [0.2, 0.25) is 0 Å². The molecule has 2 aromatic rings. The Hall–Kier alpha value is -2.27. The molecule has 0 atom stereocenters. The summed E-state index contributed by atoms with van der Waals surface area (Å²) < 4.78 is 39.8. The minimum absolute atomic E-state index is 0.0863. The van der Waals surface area contributed by atoms with Gasteiger partial charge in [-0.25, -0.2) is 0 Å². The molecule has 2 nitrogen and oxygen atoms in total. The number of aliphatic imine (C=N–C) groups is 1. The molecule has 0 aliphatic carbocycles. The maximum absolute atomic E-state index is 13.3. The van der Waals surface area contributed by atoms with Gasteiger partial charge in [0.05, 0.1) is 23.5 Å². The molecule has 1 aliphatic rings. The lowest BCUT2D eigenvalue weighted by Gasteiger charge is -2.16. The number of halogens is 4. The van der Waals surface area contributed by atoms with Crippen molar-refractivity contribution in [2.45, 2.75) is 26.9 Å². The summed E-state index contributed by atoms with van der Waals surface area (Å²) in [6.07, 6.45) is -0.836.